The SMILES string of the molecule is COc1ccc(OC)c(CCCNc2cc(C)ncn2)c1. The summed E-state index contributed by atoms with van der Waals surface area (Å²) in [6.07, 6.45) is 3.47. The summed E-state index contributed by atoms with van der Waals surface area (Å²) in [5, 5.41) is 3.30. The van der Waals surface area contributed by atoms with E-state index in [0.29, 0.717) is 0 Å². The third-order valence-corrected chi connectivity index (χ3v) is 3.22. The number of hydrogen-bond acceptors (Lipinski definition) is 5. The van der Waals surface area contributed by atoms with Crippen molar-refractivity contribution in [2.24, 2.45) is 0 Å². The van der Waals surface area contributed by atoms with E-state index in [9.17, 15) is 0 Å². The number of benzene rings is 1. The second kappa shape index (κ2) is 7.47. The van der Waals surface area contributed by atoms with Crippen LogP contribution in [0.4, 0.5) is 5.82 Å². The number of methoxy groups -OCH3 is 2. The normalized spacial score (nSPS) is 10.2. The molecule has 5 nitrogen and oxygen atoms in total. The molecular weight excluding hydrogens is 266 g/mol. The first kappa shape index (κ1) is 15.1. The zero-order chi connectivity index (χ0) is 15.1. The Morgan fingerprint density at radius 2 is 1.95 bits per heavy atom. The van der Waals surface area contributed by atoms with Gasteiger partial charge in [-0.15, -0.1) is 0 Å². The Morgan fingerprint density at radius 3 is 2.67 bits per heavy atom. The molecule has 0 unspecified atom stereocenters. The summed E-state index contributed by atoms with van der Waals surface area (Å²) in [7, 11) is 3.36. The Morgan fingerprint density at radius 1 is 1.10 bits per heavy atom. The van der Waals surface area contributed by atoms with Crippen LogP contribution in [0.3, 0.4) is 0 Å². The molecule has 0 spiro atoms. The van der Waals surface area contributed by atoms with Gasteiger partial charge in [-0.1, -0.05) is 0 Å². The van der Waals surface area contributed by atoms with E-state index in [0.717, 1.165) is 48.0 Å². The van der Waals surface area contributed by atoms with E-state index >= 15 is 0 Å². The first-order valence-electron chi connectivity index (χ1n) is 6.96. The number of nitrogens with one attached hydrogen (secondary N) is 1. The maximum absolute atomic E-state index is 5.38. The van der Waals surface area contributed by atoms with Crippen molar-refractivity contribution in [2.75, 3.05) is 26.1 Å². The van der Waals surface area contributed by atoms with Gasteiger partial charge in [-0.2, -0.15) is 0 Å². The van der Waals surface area contributed by atoms with Crippen LogP contribution in [-0.4, -0.2) is 30.7 Å². The first-order valence-corrected chi connectivity index (χ1v) is 6.96. The van der Waals surface area contributed by atoms with E-state index in [2.05, 4.69) is 15.3 Å². The molecule has 0 fully saturated rings. The molecule has 0 aliphatic heterocycles. The van der Waals surface area contributed by atoms with Crippen molar-refractivity contribution in [1.82, 2.24) is 9.97 Å². The van der Waals surface area contributed by atoms with Gasteiger partial charge in [-0.25, -0.2) is 9.97 Å². The van der Waals surface area contributed by atoms with Crippen molar-refractivity contribution < 1.29 is 9.47 Å². The summed E-state index contributed by atoms with van der Waals surface area (Å²) in [5.41, 5.74) is 2.11. The number of aromatic nitrogens is 2. The van der Waals surface area contributed by atoms with Crippen molar-refractivity contribution in [3.63, 3.8) is 0 Å². The summed E-state index contributed by atoms with van der Waals surface area (Å²) >= 11 is 0. The van der Waals surface area contributed by atoms with Crippen LogP contribution >= 0.6 is 0 Å². The van der Waals surface area contributed by atoms with E-state index in [1.165, 1.54) is 0 Å². The number of hydrogen-bond donors (Lipinski definition) is 1. The standard InChI is InChI=1S/C16H21N3O2/c1-12-9-16(19-11-18-12)17-8-4-5-13-10-14(20-2)6-7-15(13)21-3/h6-7,9-11H,4-5,8H2,1-3H3,(H,17,18,19). The second-order valence-electron chi connectivity index (χ2n) is 4.75. The monoisotopic (exact) mass is 287 g/mol. The van der Waals surface area contributed by atoms with E-state index in [4.69, 9.17) is 9.47 Å². The molecule has 21 heavy (non-hydrogen) atoms. The molecule has 0 saturated carbocycles. The fourth-order valence-electron chi connectivity index (χ4n) is 2.12. The number of anilines is 1. The third kappa shape index (κ3) is 4.34. The minimum atomic E-state index is 0.844. The molecule has 1 aromatic heterocycles. The largest absolute Gasteiger partial charge is 0.497 e. The zero-order valence-electron chi connectivity index (χ0n) is 12.7. The van der Waals surface area contributed by atoms with Gasteiger partial charge in [-0.3, -0.25) is 0 Å². The Balaban J connectivity index is 1.88. The van der Waals surface area contributed by atoms with Crippen LogP contribution in [0.1, 0.15) is 17.7 Å². The third-order valence-electron chi connectivity index (χ3n) is 3.22. The molecule has 0 aliphatic carbocycles. The van der Waals surface area contributed by atoms with Crippen LogP contribution < -0.4 is 14.8 Å². The highest BCUT2D eigenvalue weighted by Crippen LogP contribution is 2.25. The van der Waals surface area contributed by atoms with Gasteiger partial charge in [0, 0.05) is 18.3 Å². The van der Waals surface area contributed by atoms with Gasteiger partial charge in [0.15, 0.2) is 0 Å². The molecule has 0 saturated heterocycles. The average Bonchev–Trinajstić information content (AvgIpc) is 2.51. The molecule has 0 bridgehead atoms. The topological polar surface area (TPSA) is 56.3 Å². The summed E-state index contributed by atoms with van der Waals surface area (Å²) in [6.45, 7) is 2.80. The fourth-order valence-corrected chi connectivity index (χ4v) is 2.12. The summed E-state index contributed by atoms with van der Waals surface area (Å²) in [5.74, 6) is 2.61. The van der Waals surface area contributed by atoms with E-state index in [1.54, 1.807) is 20.5 Å². The highest BCUT2D eigenvalue weighted by Gasteiger charge is 2.05. The molecule has 2 rings (SSSR count). The minimum Gasteiger partial charge on any atom is -0.497 e. The molecule has 5 heteroatoms. The van der Waals surface area contributed by atoms with E-state index in [1.807, 2.05) is 31.2 Å². The minimum absolute atomic E-state index is 0.844. The summed E-state index contributed by atoms with van der Waals surface area (Å²) in [4.78, 5) is 8.25. The smallest absolute Gasteiger partial charge is 0.129 e. The summed E-state index contributed by atoms with van der Waals surface area (Å²) < 4.78 is 10.6. The maximum atomic E-state index is 5.38. The van der Waals surface area contributed by atoms with Crippen LogP contribution in [0.25, 0.3) is 0 Å². The van der Waals surface area contributed by atoms with Gasteiger partial charge in [-0.05, 0) is 43.5 Å². The van der Waals surface area contributed by atoms with Crippen molar-refractivity contribution >= 4 is 5.82 Å². The lowest BCUT2D eigenvalue weighted by Gasteiger charge is -2.11. The van der Waals surface area contributed by atoms with Crippen molar-refractivity contribution in [1.29, 1.82) is 0 Å². The predicted molar refractivity (Wildman–Crippen MR) is 83.1 cm³/mol. The van der Waals surface area contributed by atoms with Crippen molar-refractivity contribution in [3.05, 3.63) is 41.9 Å². The Kier molecular flexibility index (Phi) is 5.37. The van der Waals surface area contributed by atoms with Gasteiger partial charge in [0.2, 0.25) is 0 Å². The van der Waals surface area contributed by atoms with E-state index in [-0.39, 0.29) is 0 Å². The average molecular weight is 287 g/mol. The van der Waals surface area contributed by atoms with Crippen LogP contribution in [0.5, 0.6) is 11.5 Å². The second-order valence-corrected chi connectivity index (χ2v) is 4.75. The van der Waals surface area contributed by atoms with Gasteiger partial charge in [0.25, 0.3) is 0 Å². The van der Waals surface area contributed by atoms with Crippen molar-refractivity contribution in [3.8, 4) is 11.5 Å². The van der Waals surface area contributed by atoms with Gasteiger partial charge >= 0.3 is 0 Å². The molecule has 112 valence electrons. The van der Waals surface area contributed by atoms with Crippen LogP contribution in [0.15, 0.2) is 30.6 Å². The predicted octanol–water partition coefficient (Wildman–Crippen LogP) is 2.85. The number of aryl methyl sites for hydroxylation is 2. The quantitative estimate of drug-likeness (QED) is 0.794. The molecule has 1 aromatic carbocycles. The number of ether oxygens (including phenoxy) is 2. The molecule has 1 N–H and O–H groups in total. The molecule has 0 amide bonds. The Bertz CT molecular complexity index is 587. The highest BCUT2D eigenvalue weighted by atomic mass is 16.5. The van der Waals surface area contributed by atoms with Crippen LogP contribution in [-0.2, 0) is 6.42 Å². The molecule has 0 aliphatic rings. The lowest BCUT2D eigenvalue weighted by atomic mass is 10.1. The van der Waals surface area contributed by atoms with Gasteiger partial charge in [0.05, 0.1) is 14.2 Å². The number of rotatable bonds is 7. The zero-order valence-corrected chi connectivity index (χ0v) is 12.7. The maximum Gasteiger partial charge on any atom is 0.129 e. The number of nitrogens with zero attached hydrogens (tertiary/aromatic N) is 2. The molecular formula is C16H21N3O2. The molecule has 0 atom stereocenters. The van der Waals surface area contributed by atoms with E-state index < -0.39 is 0 Å². The van der Waals surface area contributed by atoms with Crippen LogP contribution in [0.2, 0.25) is 0 Å². The molecule has 1 heterocycles. The Labute approximate surface area is 125 Å². The first-order chi connectivity index (χ1) is 10.2. The fraction of sp³-hybridized carbons (Fsp3) is 0.375. The van der Waals surface area contributed by atoms with Gasteiger partial charge in [0.1, 0.15) is 23.6 Å². The van der Waals surface area contributed by atoms with Crippen LogP contribution in [0, 0.1) is 6.92 Å². The molecule has 2 aromatic rings. The van der Waals surface area contributed by atoms with Crippen molar-refractivity contribution in [2.45, 2.75) is 19.8 Å². The lowest BCUT2D eigenvalue weighted by Crippen LogP contribution is -2.05. The van der Waals surface area contributed by atoms with Gasteiger partial charge < -0.3 is 14.8 Å². The lowest BCUT2D eigenvalue weighted by molar-refractivity contribution is 0.398. The highest BCUT2D eigenvalue weighted by molar-refractivity contribution is 5.40. The summed E-state index contributed by atoms with van der Waals surface area (Å²) in [6, 6.07) is 7.80. The Hall–Kier alpha value is -2.30. The molecule has 0 radical (unpaired) electrons.